The second-order valence-corrected chi connectivity index (χ2v) is 7.01. The number of hydrogen-bond acceptors (Lipinski definition) is 3. The molecule has 120 valence electrons. The summed E-state index contributed by atoms with van der Waals surface area (Å²) in [6, 6.07) is 6.65. The van der Waals surface area contributed by atoms with Crippen molar-refractivity contribution < 1.29 is 14.6 Å². The molecule has 0 radical (unpaired) electrons. The van der Waals surface area contributed by atoms with Crippen LogP contribution >= 0.6 is 0 Å². The zero-order valence-corrected chi connectivity index (χ0v) is 13.5. The van der Waals surface area contributed by atoms with E-state index in [1.54, 1.807) is 13.8 Å². The van der Waals surface area contributed by atoms with E-state index in [0.29, 0.717) is 11.8 Å². The molecule has 1 saturated heterocycles. The number of nitrogens with zero attached hydrogens (tertiary/aromatic N) is 1. The molecule has 0 aromatic heterocycles. The van der Waals surface area contributed by atoms with Gasteiger partial charge < -0.3 is 9.84 Å². The van der Waals surface area contributed by atoms with Gasteiger partial charge in [0.05, 0.1) is 0 Å². The Hall–Kier alpha value is -1.55. The van der Waals surface area contributed by atoms with E-state index in [1.807, 2.05) is 12.1 Å². The molecule has 0 saturated carbocycles. The molecule has 4 nitrogen and oxygen atoms in total. The highest BCUT2D eigenvalue weighted by atomic mass is 16.5. The maximum Gasteiger partial charge on any atom is 0.347 e. The van der Waals surface area contributed by atoms with Crippen LogP contribution in [0.15, 0.2) is 18.2 Å². The molecule has 1 aliphatic carbocycles. The average molecular weight is 303 g/mol. The van der Waals surface area contributed by atoms with Crippen LogP contribution in [0.5, 0.6) is 5.75 Å². The Morgan fingerprint density at radius 1 is 1.18 bits per heavy atom. The fraction of sp³-hybridized carbons (Fsp3) is 0.611. The molecule has 1 aromatic rings. The molecule has 1 unspecified atom stereocenters. The zero-order chi connectivity index (χ0) is 15.7. The summed E-state index contributed by atoms with van der Waals surface area (Å²) in [6.07, 6.45) is 6.15. The van der Waals surface area contributed by atoms with Crippen molar-refractivity contribution in [3.05, 3.63) is 29.3 Å². The van der Waals surface area contributed by atoms with Gasteiger partial charge in [0.15, 0.2) is 5.60 Å². The highest BCUT2D eigenvalue weighted by Gasteiger charge is 2.31. The van der Waals surface area contributed by atoms with Gasteiger partial charge in [-0.3, -0.25) is 4.90 Å². The van der Waals surface area contributed by atoms with Gasteiger partial charge in [-0.1, -0.05) is 12.5 Å². The number of carbonyl (C=O) groups is 1. The fourth-order valence-electron chi connectivity index (χ4n) is 3.51. The van der Waals surface area contributed by atoms with Crippen molar-refractivity contribution in [2.45, 2.75) is 57.6 Å². The van der Waals surface area contributed by atoms with Gasteiger partial charge >= 0.3 is 5.97 Å². The van der Waals surface area contributed by atoms with Gasteiger partial charge in [0, 0.05) is 6.04 Å². The molecular weight excluding hydrogens is 278 g/mol. The van der Waals surface area contributed by atoms with Gasteiger partial charge in [0.25, 0.3) is 0 Å². The molecule has 0 bridgehead atoms. The first-order valence-electron chi connectivity index (χ1n) is 8.24. The second kappa shape index (κ2) is 5.92. The smallest absolute Gasteiger partial charge is 0.347 e. The van der Waals surface area contributed by atoms with Gasteiger partial charge in [-0.2, -0.15) is 0 Å². The van der Waals surface area contributed by atoms with Gasteiger partial charge in [-0.15, -0.1) is 0 Å². The lowest BCUT2D eigenvalue weighted by Crippen LogP contribution is -2.39. The largest absolute Gasteiger partial charge is 0.478 e. The maximum atomic E-state index is 11.2. The summed E-state index contributed by atoms with van der Waals surface area (Å²) in [5, 5.41) is 9.18. The van der Waals surface area contributed by atoms with Crippen LogP contribution in [0.2, 0.25) is 0 Å². The first-order valence-corrected chi connectivity index (χ1v) is 8.24. The minimum atomic E-state index is -1.20. The number of hydrogen-bond donors (Lipinski definition) is 1. The van der Waals surface area contributed by atoms with E-state index in [-0.39, 0.29) is 0 Å². The molecule has 3 rings (SSSR count). The molecule has 1 heterocycles. The Kier molecular flexibility index (Phi) is 4.13. The molecular formula is C18H25NO3. The molecule has 0 spiro atoms. The van der Waals surface area contributed by atoms with Gasteiger partial charge in [0.2, 0.25) is 0 Å². The topological polar surface area (TPSA) is 49.8 Å². The molecule has 2 aliphatic rings. The third kappa shape index (κ3) is 3.12. The normalized spacial score (nSPS) is 22.4. The monoisotopic (exact) mass is 303 g/mol. The molecule has 4 heteroatoms. The predicted octanol–water partition coefficient (Wildman–Crippen LogP) is 2.88. The van der Waals surface area contributed by atoms with Crippen molar-refractivity contribution >= 4 is 5.97 Å². The van der Waals surface area contributed by atoms with Crippen LogP contribution in [0.3, 0.4) is 0 Å². The van der Waals surface area contributed by atoms with E-state index < -0.39 is 11.6 Å². The van der Waals surface area contributed by atoms with Crippen molar-refractivity contribution in [2.75, 3.05) is 13.1 Å². The number of rotatable bonds is 4. The summed E-state index contributed by atoms with van der Waals surface area (Å²) < 4.78 is 5.66. The van der Waals surface area contributed by atoms with E-state index in [4.69, 9.17) is 4.74 Å². The van der Waals surface area contributed by atoms with Crippen LogP contribution in [-0.2, 0) is 17.6 Å². The van der Waals surface area contributed by atoms with Gasteiger partial charge in [-0.05, 0) is 75.9 Å². The Balaban J connectivity index is 1.70. The second-order valence-electron chi connectivity index (χ2n) is 7.01. The molecule has 1 aliphatic heterocycles. The highest BCUT2D eigenvalue weighted by Crippen LogP contribution is 2.31. The van der Waals surface area contributed by atoms with E-state index in [9.17, 15) is 9.90 Å². The van der Waals surface area contributed by atoms with Gasteiger partial charge in [0.1, 0.15) is 5.75 Å². The molecule has 0 amide bonds. The fourth-order valence-corrected chi connectivity index (χ4v) is 3.51. The third-order valence-electron chi connectivity index (χ3n) is 4.88. The molecule has 22 heavy (non-hydrogen) atoms. The van der Waals surface area contributed by atoms with Crippen molar-refractivity contribution in [3.63, 3.8) is 0 Å². The summed E-state index contributed by atoms with van der Waals surface area (Å²) in [6.45, 7) is 5.60. The zero-order valence-electron chi connectivity index (χ0n) is 13.5. The number of likely N-dealkylation sites (tertiary alicyclic amines) is 1. The highest BCUT2D eigenvalue weighted by molar-refractivity contribution is 5.76. The molecule has 1 atom stereocenters. The lowest BCUT2D eigenvalue weighted by Gasteiger charge is -2.32. The van der Waals surface area contributed by atoms with Gasteiger partial charge in [-0.25, -0.2) is 4.79 Å². The summed E-state index contributed by atoms with van der Waals surface area (Å²) in [7, 11) is 0. The minimum absolute atomic E-state index is 0.609. The Labute approximate surface area is 132 Å². The average Bonchev–Trinajstić information content (AvgIpc) is 2.91. The number of carboxylic acids is 1. The lowest BCUT2D eigenvalue weighted by atomic mass is 10.1. The Morgan fingerprint density at radius 2 is 1.86 bits per heavy atom. The Morgan fingerprint density at radius 3 is 2.55 bits per heavy atom. The van der Waals surface area contributed by atoms with Crippen molar-refractivity contribution in [3.8, 4) is 5.75 Å². The van der Waals surface area contributed by atoms with Crippen LogP contribution in [0, 0.1) is 0 Å². The minimum Gasteiger partial charge on any atom is -0.478 e. The van der Waals surface area contributed by atoms with Crippen molar-refractivity contribution in [2.24, 2.45) is 0 Å². The quantitative estimate of drug-likeness (QED) is 0.929. The van der Waals surface area contributed by atoms with E-state index >= 15 is 0 Å². The summed E-state index contributed by atoms with van der Waals surface area (Å²) in [4.78, 5) is 13.8. The van der Waals surface area contributed by atoms with Crippen LogP contribution < -0.4 is 4.74 Å². The Bertz CT molecular complexity index is 561. The predicted molar refractivity (Wildman–Crippen MR) is 85.4 cm³/mol. The summed E-state index contributed by atoms with van der Waals surface area (Å²) in [5.41, 5.74) is 1.50. The van der Waals surface area contributed by atoms with Crippen LogP contribution in [-0.4, -0.2) is 40.7 Å². The number of benzene rings is 1. The van der Waals surface area contributed by atoms with E-state index in [1.165, 1.54) is 43.5 Å². The SMILES string of the molecule is CC(C)(Oc1ccc2c(c1)CC(N1CCCCC1)C2)C(=O)O. The van der Waals surface area contributed by atoms with Crippen LogP contribution in [0.4, 0.5) is 0 Å². The standard InChI is InChI=1S/C18H25NO3/c1-18(2,17(20)21)22-16-7-6-13-10-15(11-14(13)12-16)19-8-4-3-5-9-19/h6-7,12,15H,3-5,8-11H2,1-2H3,(H,20,21). The lowest BCUT2D eigenvalue weighted by molar-refractivity contribution is -0.152. The molecule has 1 N–H and O–H groups in total. The van der Waals surface area contributed by atoms with E-state index in [0.717, 1.165) is 12.8 Å². The number of ether oxygens (including phenoxy) is 1. The van der Waals surface area contributed by atoms with Crippen LogP contribution in [0.25, 0.3) is 0 Å². The van der Waals surface area contributed by atoms with Crippen LogP contribution in [0.1, 0.15) is 44.2 Å². The number of carboxylic acid groups (broad SMARTS) is 1. The number of aliphatic carboxylic acids is 1. The first-order chi connectivity index (χ1) is 10.5. The maximum absolute atomic E-state index is 11.2. The summed E-state index contributed by atoms with van der Waals surface area (Å²) >= 11 is 0. The number of piperidine rings is 1. The van der Waals surface area contributed by atoms with Crippen molar-refractivity contribution in [1.82, 2.24) is 4.90 Å². The first kappa shape index (κ1) is 15.3. The summed E-state index contributed by atoms with van der Waals surface area (Å²) in [5.74, 6) is -0.287. The molecule has 1 aromatic carbocycles. The van der Waals surface area contributed by atoms with E-state index in [2.05, 4.69) is 11.0 Å². The van der Waals surface area contributed by atoms with Crippen molar-refractivity contribution in [1.29, 1.82) is 0 Å². The molecule has 1 fully saturated rings. The third-order valence-corrected chi connectivity index (χ3v) is 4.88. The number of fused-ring (bicyclic) bond motifs is 1.